The molecule has 0 radical (unpaired) electrons. The van der Waals surface area contributed by atoms with Crippen molar-refractivity contribution in [2.45, 2.75) is 39.2 Å². The van der Waals surface area contributed by atoms with E-state index in [4.69, 9.17) is 4.98 Å². The fraction of sp³-hybridized carbons (Fsp3) is 0.381. The second-order valence-corrected chi connectivity index (χ2v) is 6.99. The second kappa shape index (κ2) is 6.89. The zero-order valence-corrected chi connectivity index (χ0v) is 14.9. The molecule has 1 aromatic carbocycles. The number of fused-ring (bicyclic) bond motifs is 1. The third-order valence-corrected chi connectivity index (χ3v) is 5.26. The van der Waals surface area contributed by atoms with Gasteiger partial charge < -0.3 is 4.90 Å². The first kappa shape index (κ1) is 16.2. The van der Waals surface area contributed by atoms with Crippen LogP contribution in [-0.2, 0) is 6.42 Å². The number of nitrogens with zero attached hydrogens (tertiary/aromatic N) is 4. The van der Waals surface area contributed by atoms with Gasteiger partial charge in [-0.15, -0.1) is 0 Å². The Labute approximate surface area is 149 Å². The Bertz CT molecular complexity index is 890. The highest BCUT2D eigenvalue weighted by Crippen LogP contribution is 2.23. The van der Waals surface area contributed by atoms with E-state index in [-0.39, 0.29) is 0 Å². The van der Waals surface area contributed by atoms with E-state index in [0.717, 1.165) is 41.6 Å². The molecular formula is C21H24N4. The molecule has 0 aliphatic carbocycles. The fourth-order valence-corrected chi connectivity index (χ4v) is 3.72. The number of pyridine rings is 1. The summed E-state index contributed by atoms with van der Waals surface area (Å²) in [5.41, 5.74) is 5.05. The zero-order valence-electron chi connectivity index (χ0n) is 14.9. The minimum absolute atomic E-state index is 0.736. The van der Waals surface area contributed by atoms with Crippen LogP contribution in [0, 0.1) is 6.92 Å². The molecule has 0 amide bonds. The summed E-state index contributed by atoms with van der Waals surface area (Å²) in [6.07, 6.45) is 7.22. The lowest BCUT2D eigenvalue weighted by Gasteiger charge is -2.20. The average molecular weight is 332 g/mol. The molecule has 4 nitrogen and oxygen atoms in total. The third-order valence-electron chi connectivity index (χ3n) is 5.26. The van der Waals surface area contributed by atoms with Crippen molar-refractivity contribution in [2.24, 2.45) is 0 Å². The molecule has 0 saturated carbocycles. The maximum Gasteiger partial charge on any atom is 0.110 e. The molecule has 4 heteroatoms. The Morgan fingerprint density at radius 1 is 1.12 bits per heavy atom. The van der Waals surface area contributed by atoms with Crippen LogP contribution in [0.15, 0.2) is 42.7 Å². The van der Waals surface area contributed by atoms with Gasteiger partial charge in [-0.1, -0.05) is 12.1 Å². The van der Waals surface area contributed by atoms with E-state index in [1.165, 1.54) is 30.3 Å². The maximum absolute atomic E-state index is 4.78. The highest BCUT2D eigenvalue weighted by molar-refractivity contribution is 5.82. The minimum atomic E-state index is 0.736. The standard InChI is InChI=1S/C21H24N4/c1-15-4-3-12-25(15)13-9-17-5-7-19-18(14-17)6-8-20(24-19)21-16(2)22-10-11-23-21/h5-8,10-11,14-15H,3-4,9,12-13H2,1-2H3/t15-/m0/s1. The molecule has 4 rings (SSSR count). The summed E-state index contributed by atoms with van der Waals surface area (Å²) in [4.78, 5) is 16.1. The predicted molar refractivity (Wildman–Crippen MR) is 101 cm³/mol. The molecule has 0 spiro atoms. The third kappa shape index (κ3) is 3.40. The van der Waals surface area contributed by atoms with Crippen LogP contribution in [0.25, 0.3) is 22.3 Å². The average Bonchev–Trinajstić information content (AvgIpc) is 3.05. The summed E-state index contributed by atoms with van der Waals surface area (Å²) >= 11 is 0. The monoisotopic (exact) mass is 332 g/mol. The van der Waals surface area contributed by atoms with Gasteiger partial charge in [0.1, 0.15) is 5.69 Å². The Morgan fingerprint density at radius 2 is 2.00 bits per heavy atom. The van der Waals surface area contributed by atoms with Crippen LogP contribution < -0.4 is 0 Å². The van der Waals surface area contributed by atoms with Gasteiger partial charge in [0.2, 0.25) is 0 Å². The van der Waals surface area contributed by atoms with Gasteiger partial charge in [0.25, 0.3) is 0 Å². The topological polar surface area (TPSA) is 41.9 Å². The van der Waals surface area contributed by atoms with Gasteiger partial charge >= 0.3 is 0 Å². The summed E-state index contributed by atoms with van der Waals surface area (Å²) in [5.74, 6) is 0. The number of hydrogen-bond donors (Lipinski definition) is 0. The predicted octanol–water partition coefficient (Wildman–Crippen LogP) is 4.03. The van der Waals surface area contributed by atoms with Crippen LogP contribution in [0.4, 0.5) is 0 Å². The molecule has 0 bridgehead atoms. The van der Waals surface area contributed by atoms with E-state index in [1.807, 2.05) is 13.0 Å². The van der Waals surface area contributed by atoms with E-state index in [9.17, 15) is 0 Å². The molecule has 25 heavy (non-hydrogen) atoms. The zero-order chi connectivity index (χ0) is 17.2. The van der Waals surface area contributed by atoms with Crippen molar-refractivity contribution in [3.05, 3.63) is 54.0 Å². The van der Waals surface area contributed by atoms with Crippen LogP contribution in [0.1, 0.15) is 31.0 Å². The first-order valence-corrected chi connectivity index (χ1v) is 9.12. The minimum Gasteiger partial charge on any atom is -0.300 e. The van der Waals surface area contributed by atoms with Gasteiger partial charge in [0.15, 0.2) is 0 Å². The molecule has 0 unspecified atom stereocenters. The van der Waals surface area contributed by atoms with Crippen molar-refractivity contribution in [3.8, 4) is 11.4 Å². The van der Waals surface area contributed by atoms with Crippen LogP contribution in [0.2, 0.25) is 0 Å². The lowest BCUT2D eigenvalue weighted by atomic mass is 10.1. The number of rotatable bonds is 4. The second-order valence-electron chi connectivity index (χ2n) is 6.99. The Hall–Kier alpha value is -2.33. The van der Waals surface area contributed by atoms with Gasteiger partial charge in [-0.3, -0.25) is 9.97 Å². The van der Waals surface area contributed by atoms with Gasteiger partial charge in [0, 0.05) is 30.4 Å². The number of likely N-dealkylation sites (tertiary alicyclic amines) is 1. The lowest BCUT2D eigenvalue weighted by Crippen LogP contribution is -2.28. The molecule has 1 fully saturated rings. The van der Waals surface area contributed by atoms with Crippen molar-refractivity contribution < 1.29 is 0 Å². The first-order valence-electron chi connectivity index (χ1n) is 9.12. The van der Waals surface area contributed by atoms with E-state index in [1.54, 1.807) is 12.4 Å². The largest absolute Gasteiger partial charge is 0.300 e. The number of aromatic nitrogens is 3. The number of hydrogen-bond acceptors (Lipinski definition) is 4. The Morgan fingerprint density at radius 3 is 2.80 bits per heavy atom. The van der Waals surface area contributed by atoms with Crippen molar-refractivity contribution >= 4 is 10.9 Å². The smallest absolute Gasteiger partial charge is 0.110 e. The van der Waals surface area contributed by atoms with Gasteiger partial charge in [-0.2, -0.15) is 0 Å². The molecule has 1 aliphatic rings. The first-order chi connectivity index (χ1) is 12.2. The lowest BCUT2D eigenvalue weighted by molar-refractivity contribution is 0.272. The SMILES string of the molecule is Cc1nccnc1-c1ccc2cc(CCN3CCC[C@@H]3C)ccc2n1. The normalized spacial score (nSPS) is 18.1. The Kier molecular flexibility index (Phi) is 4.45. The van der Waals surface area contributed by atoms with Crippen LogP contribution >= 0.6 is 0 Å². The van der Waals surface area contributed by atoms with E-state index in [0.29, 0.717) is 0 Å². The van der Waals surface area contributed by atoms with Crippen LogP contribution in [-0.4, -0.2) is 39.0 Å². The van der Waals surface area contributed by atoms with Crippen molar-refractivity contribution in [1.82, 2.24) is 19.9 Å². The van der Waals surface area contributed by atoms with E-state index >= 15 is 0 Å². The highest BCUT2D eigenvalue weighted by Gasteiger charge is 2.19. The summed E-state index contributed by atoms with van der Waals surface area (Å²) in [7, 11) is 0. The molecule has 1 saturated heterocycles. The summed E-state index contributed by atoms with van der Waals surface area (Å²) < 4.78 is 0. The van der Waals surface area contributed by atoms with Gasteiger partial charge in [-0.05, 0) is 63.4 Å². The Balaban J connectivity index is 1.55. The van der Waals surface area contributed by atoms with Gasteiger partial charge in [0.05, 0.1) is 16.9 Å². The van der Waals surface area contributed by atoms with Crippen molar-refractivity contribution in [2.75, 3.05) is 13.1 Å². The highest BCUT2D eigenvalue weighted by atomic mass is 15.2. The number of benzene rings is 1. The maximum atomic E-state index is 4.78. The van der Waals surface area contributed by atoms with Crippen molar-refractivity contribution in [3.63, 3.8) is 0 Å². The molecule has 2 aromatic heterocycles. The van der Waals surface area contributed by atoms with Gasteiger partial charge in [-0.25, -0.2) is 4.98 Å². The molecular weight excluding hydrogens is 308 g/mol. The molecule has 128 valence electrons. The quantitative estimate of drug-likeness (QED) is 0.723. The van der Waals surface area contributed by atoms with E-state index in [2.05, 4.69) is 46.1 Å². The van der Waals surface area contributed by atoms with E-state index < -0.39 is 0 Å². The molecule has 1 atom stereocenters. The molecule has 3 aromatic rings. The summed E-state index contributed by atoms with van der Waals surface area (Å²) in [6, 6.07) is 11.5. The molecule has 3 heterocycles. The van der Waals surface area contributed by atoms with Crippen LogP contribution in [0.5, 0.6) is 0 Å². The fourth-order valence-electron chi connectivity index (χ4n) is 3.72. The number of aryl methyl sites for hydroxylation is 1. The summed E-state index contributed by atoms with van der Waals surface area (Å²) in [5, 5.41) is 1.19. The molecule has 1 aliphatic heterocycles. The summed E-state index contributed by atoms with van der Waals surface area (Å²) in [6.45, 7) is 6.71. The van der Waals surface area contributed by atoms with Crippen molar-refractivity contribution in [1.29, 1.82) is 0 Å². The molecule has 0 N–H and O–H groups in total. The van der Waals surface area contributed by atoms with Crippen LogP contribution in [0.3, 0.4) is 0 Å².